The number of rotatable bonds is 10. The Bertz CT molecular complexity index is 1390. The number of methoxy groups -OCH3 is 3. The number of nitrogens with zero attached hydrogens (tertiary/aromatic N) is 2. The molecule has 1 aromatic heterocycles. The van der Waals surface area contributed by atoms with E-state index in [4.69, 9.17) is 23.9 Å². The van der Waals surface area contributed by atoms with Crippen molar-refractivity contribution in [1.82, 2.24) is 14.9 Å². The molecule has 0 atom stereocenters. The minimum atomic E-state index is -4.47. The van der Waals surface area contributed by atoms with Gasteiger partial charge in [-0.2, -0.15) is 13.2 Å². The van der Waals surface area contributed by atoms with Crippen molar-refractivity contribution in [3.8, 4) is 34.4 Å². The zero-order valence-electron chi connectivity index (χ0n) is 21.9. The van der Waals surface area contributed by atoms with Crippen molar-refractivity contribution in [2.24, 2.45) is 0 Å². The van der Waals surface area contributed by atoms with Gasteiger partial charge < -0.3 is 28.8 Å². The van der Waals surface area contributed by atoms with Gasteiger partial charge in [0.05, 0.1) is 37.9 Å². The van der Waals surface area contributed by atoms with Crippen molar-refractivity contribution >= 4 is 11.0 Å². The molecule has 0 saturated heterocycles. The van der Waals surface area contributed by atoms with Crippen LogP contribution in [0, 0.1) is 0 Å². The number of nitrogens with one attached hydrogen (secondary N) is 1. The fourth-order valence-electron chi connectivity index (χ4n) is 4.23. The molecule has 7 nitrogen and oxygen atoms in total. The van der Waals surface area contributed by atoms with Crippen LogP contribution in [0.15, 0.2) is 48.5 Å². The van der Waals surface area contributed by atoms with Gasteiger partial charge in [0.25, 0.3) is 0 Å². The first kappa shape index (κ1) is 27.1. The first-order valence-electron chi connectivity index (χ1n) is 11.9. The van der Waals surface area contributed by atoms with Gasteiger partial charge in [0.15, 0.2) is 11.5 Å². The van der Waals surface area contributed by atoms with Crippen LogP contribution in [0.4, 0.5) is 13.2 Å². The highest BCUT2D eigenvalue weighted by molar-refractivity contribution is 5.85. The number of H-pyrrole nitrogens is 1. The van der Waals surface area contributed by atoms with Crippen LogP contribution in [0.3, 0.4) is 0 Å². The predicted octanol–water partition coefficient (Wildman–Crippen LogP) is 5.81. The Hall–Kier alpha value is -3.92. The topological polar surface area (TPSA) is 68.8 Å². The third kappa shape index (κ3) is 5.80. The summed E-state index contributed by atoms with van der Waals surface area (Å²) in [5.41, 5.74) is 1.93. The van der Waals surface area contributed by atoms with Crippen LogP contribution >= 0.6 is 0 Å². The molecule has 0 fully saturated rings. The molecule has 0 bridgehead atoms. The summed E-state index contributed by atoms with van der Waals surface area (Å²) in [7, 11) is 8.43. The van der Waals surface area contributed by atoms with Gasteiger partial charge in [-0.3, -0.25) is 0 Å². The monoisotopic (exact) mass is 529 g/mol. The van der Waals surface area contributed by atoms with E-state index >= 15 is 0 Å². The van der Waals surface area contributed by atoms with Crippen LogP contribution in [0.5, 0.6) is 23.0 Å². The maximum Gasteiger partial charge on any atom is 0.416 e. The first-order valence-corrected chi connectivity index (χ1v) is 11.9. The number of fused-ring (bicyclic) bond motifs is 1. The Kier molecular flexibility index (Phi) is 8.01. The maximum atomic E-state index is 13.7. The highest BCUT2D eigenvalue weighted by Crippen LogP contribution is 2.41. The lowest BCUT2D eigenvalue weighted by molar-refractivity contribution is -0.138. The number of aromatic amines is 1. The molecule has 0 spiro atoms. The smallest absolute Gasteiger partial charge is 0.416 e. The molecular formula is C28H30F3N3O4. The van der Waals surface area contributed by atoms with Gasteiger partial charge in [-0.1, -0.05) is 18.2 Å². The molecule has 4 aromatic rings. The lowest BCUT2D eigenvalue weighted by atomic mass is 9.98. The molecule has 0 aliphatic carbocycles. The lowest BCUT2D eigenvalue weighted by Gasteiger charge is -2.14. The van der Waals surface area contributed by atoms with Crippen molar-refractivity contribution in [2.75, 3.05) is 48.6 Å². The largest absolute Gasteiger partial charge is 0.493 e. The van der Waals surface area contributed by atoms with E-state index in [-0.39, 0.29) is 12.0 Å². The van der Waals surface area contributed by atoms with Crippen LogP contribution in [0.2, 0.25) is 0 Å². The molecule has 0 radical (unpaired) electrons. The van der Waals surface area contributed by atoms with E-state index in [1.54, 1.807) is 30.3 Å². The summed E-state index contributed by atoms with van der Waals surface area (Å²) in [6, 6.07) is 12.6. The number of halogens is 3. The molecule has 1 heterocycles. The molecular weight excluding hydrogens is 499 g/mol. The second kappa shape index (κ2) is 11.2. The number of hydrogen-bond donors (Lipinski definition) is 1. The fourth-order valence-corrected chi connectivity index (χ4v) is 4.23. The van der Waals surface area contributed by atoms with E-state index in [1.807, 2.05) is 19.0 Å². The number of imidazole rings is 1. The average molecular weight is 530 g/mol. The molecule has 0 unspecified atom stereocenters. The first-order chi connectivity index (χ1) is 18.1. The Morgan fingerprint density at radius 3 is 2.18 bits per heavy atom. The van der Waals surface area contributed by atoms with E-state index in [0.29, 0.717) is 64.1 Å². The van der Waals surface area contributed by atoms with Crippen LogP contribution in [0.1, 0.15) is 16.7 Å². The number of alkyl halides is 3. The van der Waals surface area contributed by atoms with Crippen molar-refractivity contribution in [3.63, 3.8) is 0 Å². The highest BCUT2D eigenvalue weighted by atomic mass is 19.4. The van der Waals surface area contributed by atoms with Gasteiger partial charge in [0, 0.05) is 24.6 Å². The second-order valence-corrected chi connectivity index (χ2v) is 8.96. The average Bonchev–Trinajstić information content (AvgIpc) is 3.32. The van der Waals surface area contributed by atoms with Crippen LogP contribution in [0.25, 0.3) is 22.4 Å². The van der Waals surface area contributed by atoms with Crippen molar-refractivity contribution < 1.29 is 32.1 Å². The molecule has 0 amide bonds. The van der Waals surface area contributed by atoms with Crippen LogP contribution in [-0.2, 0) is 12.6 Å². The van der Waals surface area contributed by atoms with Gasteiger partial charge in [0.2, 0.25) is 5.75 Å². The molecule has 1 N–H and O–H groups in total. The Balaban J connectivity index is 1.83. The van der Waals surface area contributed by atoms with E-state index in [2.05, 4.69) is 4.98 Å². The summed E-state index contributed by atoms with van der Waals surface area (Å²) < 4.78 is 63.5. The Morgan fingerprint density at radius 2 is 1.58 bits per heavy atom. The molecule has 0 aliphatic rings. The summed E-state index contributed by atoms with van der Waals surface area (Å²) in [5, 5.41) is 0. The summed E-state index contributed by atoms with van der Waals surface area (Å²) in [6.07, 6.45) is -4.45. The zero-order chi connectivity index (χ0) is 27.4. The highest BCUT2D eigenvalue weighted by Gasteiger charge is 2.33. The zero-order valence-corrected chi connectivity index (χ0v) is 21.9. The third-order valence-electron chi connectivity index (χ3n) is 6.09. The molecule has 38 heavy (non-hydrogen) atoms. The van der Waals surface area contributed by atoms with Gasteiger partial charge in [-0.15, -0.1) is 0 Å². The van der Waals surface area contributed by atoms with Gasteiger partial charge in [0.1, 0.15) is 18.2 Å². The number of likely N-dealkylation sites (N-methyl/N-ethyl adjacent to an activating group) is 1. The van der Waals surface area contributed by atoms with E-state index in [1.165, 1.54) is 33.5 Å². The summed E-state index contributed by atoms with van der Waals surface area (Å²) in [6.45, 7) is 1.11. The van der Waals surface area contributed by atoms with Crippen LogP contribution < -0.4 is 18.9 Å². The van der Waals surface area contributed by atoms with Gasteiger partial charge >= 0.3 is 6.18 Å². The predicted molar refractivity (Wildman–Crippen MR) is 139 cm³/mol. The van der Waals surface area contributed by atoms with E-state index < -0.39 is 11.7 Å². The minimum absolute atomic E-state index is 0.0244. The fraction of sp³-hybridized carbons (Fsp3) is 0.321. The molecule has 0 saturated carbocycles. The Labute approximate surface area is 219 Å². The quantitative estimate of drug-likeness (QED) is 0.280. The van der Waals surface area contributed by atoms with Crippen LogP contribution in [-0.4, -0.2) is 63.4 Å². The molecule has 0 aliphatic heterocycles. The van der Waals surface area contributed by atoms with E-state index in [0.717, 1.165) is 6.07 Å². The summed E-state index contributed by atoms with van der Waals surface area (Å²) in [5.74, 6) is 2.38. The van der Waals surface area contributed by atoms with Gasteiger partial charge in [-0.05, 0) is 49.5 Å². The normalized spacial score (nSPS) is 11.7. The molecule has 202 valence electrons. The van der Waals surface area contributed by atoms with Crippen molar-refractivity contribution in [1.29, 1.82) is 0 Å². The maximum absolute atomic E-state index is 13.7. The molecule has 10 heteroatoms. The number of hydrogen-bond acceptors (Lipinski definition) is 6. The lowest BCUT2D eigenvalue weighted by Crippen LogP contribution is -2.19. The minimum Gasteiger partial charge on any atom is -0.493 e. The van der Waals surface area contributed by atoms with E-state index in [9.17, 15) is 13.2 Å². The second-order valence-electron chi connectivity index (χ2n) is 8.96. The Morgan fingerprint density at radius 1 is 0.895 bits per heavy atom. The molecule has 4 rings (SSSR count). The third-order valence-corrected chi connectivity index (χ3v) is 6.09. The standard InChI is InChI=1S/C28H30F3N3O4/c1-34(2)10-11-38-20-13-18(12-17-8-6-7-9-21(17)28(29,30)31)25-22(16-20)32-27(33-25)19-14-23(35-3)26(37-5)24(15-19)36-4/h6-9,13-16H,10-12H2,1-5H3,(H,32,33). The number of ether oxygens (including phenoxy) is 4. The van der Waals surface area contributed by atoms with Crippen molar-refractivity contribution in [2.45, 2.75) is 12.6 Å². The summed E-state index contributed by atoms with van der Waals surface area (Å²) >= 11 is 0. The number of aromatic nitrogens is 2. The number of benzene rings is 3. The molecule has 3 aromatic carbocycles. The summed E-state index contributed by atoms with van der Waals surface area (Å²) in [4.78, 5) is 10.0. The van der Waals surface area contributed by atoms with Gasteiger partial charge in [-0.25, -0.2) is 4.98 Å². The SMILES string of the molecule is COc1cc(-c2nc3c(Cc4ccccc4C(F)(F)F)cc(OCCN(C)C)cc3[nH]2)cc(OC)c1OC. The van der Waals surface area contributed by atoms with Crippen molar-refractivity contribution in [3.05, 3.63) is 65.2 Å².